The summed E-state index contributed by atoms with van der Waals surface area (Å²) in [6.45, 7) is 3.88. The number of carbonyl (C=O) groups excluding carboxylic acids is 2. The summed E-state index contributed by atoms with van der Waals surface area (Å²) in [7, 11) is 0. The highest BCUT2D eigenvalue weighted by atomic mass is 35.5. The van der Waals surface area contributed by atoms with E-state index < -0.39 is 5.91 Å². The summed E-state index contributed by atoms with van der Waals surface area (Å²) in [4.78, 5) is 27.6. The summed E-state index contributed by atoms with van der Waals surface area (Å²) < 4.78 is 0.279. The first-order valence-electron chi connectivity index (χ1n) is 7.26. The first-order chi connectivity index (χ1) is 11.8. The van der Waals surface area contributed by atoms with Crippen LogP contribution in [-0.4, -0.2) is 21.1 Å². The van der Waals surface area contributed by atoms with Gasteiger partial charge in [0.25, 0.3) is 11.8 Å². The first-order valence-corrected chi connectivity index (χ1v) is 9.68. The number of hydrogen-bond donors (Lipinski definition) is 1. The predicted molar refractivity (Wildman–Crippen MR) is 108 cm³/mol. The van der Waals surface area contributed by atoms with Crippen molar-refractivity contribution in [1.29, 1.82) is 0 Å². The van der Waals surface area contributed by atoms with E-state index in [4.69, 9.17) is 23.8 Å². The fourth-order valence-corrected chi connectivity index (χ4v) is 4.58. The van der Waals surface area contributed by atoms with Crippen LogP contribution in [0.2, 0.25) is 5.02 Å². The summed E-state index contributed by atoms with van der Waals surface area (Å²) in [6, 6.07) is 9.02. The third kappa shape index (κ3) is 3.95. The molecule has 0 radical (unpaired) electrons. The maximum atomic E-state index is 12.5. The second-order valence-electron chi connectivity index (χ2n) is 5.39. The first kappa shape index (κ1) is 18.1. The third-order valence-corrected chi connectivity index (χ3v) is 5.97. The van der Waals surface area contributed by atoms with Gasteiger partial charge in [-0.15, -0.1) is 11.3 Å². The summed E-state index contributed by atoms with van der Waals surface area (Å²) in [6.07, 6.45) is 1.78. The van der Waals surface area contributed by atoms with Gasteiger partial charge in [0.05, 0.1) is 15.5 Å². The Hall–Kier alpha value is -1.67. The van der Waals surface area contributed by atoms with Gasteiger partial charge in [-0.2, -0.15) is 5.01 Å². The molecule has 1 N–H and O–H groups in total. The van der Waals surface area contributed by atoms with Crippen molar-refractivity contribution in [1.82, 2.24) is 10.4 Å². The molecule has 0 atom stereocenters. The normalized spacial score (nSPS) is 16.0. The number of thioether (sulfide) groups is 1. The number of nitrogens with one attached hydrogen (secondary N) is 1. The molecule has 3 rings (SSSR count). The van der Waals surface area contributed by atoms with Crippen molar-refractivity contribution in [3.05, 3.63) is 61.1 Å². The SMILES string of the molecule is Cc1ccc(C(=O)NN2C(=O)/C(=C\c3ccc(C)s3)SC2=S)c(Cl)c1. The zero-order chi connectivity index (χ0) is 18.1. The maximum absolute atomic E-state index is 12.5. The lowest BCUT2D eigenvalue weighted by Crippen LogP contribution is -2.44. The van der Waals surface area contributed by atoms with E-state index in [1.807, 2.05) is 26.0 Å². The molecule has 0 spiro atoms. The van der Waals surface area contributed by atoms with Crippen molar-refractivity contribution >= 4 is 69.1 Å². The highest BCUT2D eigenvalue weighted by Gasteiger charge is 2.34. The van der Waals surface area contributed by atoms with E-state index in [1.54, 1.807) is 35.6 Å². The molecule has 1 fully saturated rings. The molecule has 0 saturated carbocycles. The van der Waals surface area contributed by atoms with Crippen LogP contribution in [0.4, 0.5) is 0 Å². The Morgan fingerprint density at radius 1 is 1.28 bits per heavy atom. The molecule has 0 unspecified atom stereocenters. The fourth-order valence-electron chi connectivity index (χ4n) is 2.19. The van der Waals surface area contributed by atoms with Crippen LogP contribution in [0.15, 0.2) is 35.2 Å². The van der Waals surface area contributed by atoms with Crippen molar-refractivity contribution in [3.8, 4) is 0 Å². The molecule has 1 aliphatic heterocycles. The number of aryl methyl sites for hydroxylation is 2. The quantitative estimate of drug-likeness (QED) is 0.597. The molecule has 1 aromatic heterocycles. The van der Waals surface area contributed by atoms with Gasteiger partial charge >= 0.3 is 0 Å². The number of halogens is 1. The van der Waals surface area contributed by atoms with Crippen LogP contribution in [-0.2, 0) is 4.79 Å². The number of nitrogens with zero attached hydrogens (tertiary/aromatic N) is 1. The molecule has 1 aliphatic rings. The van der Waals surface area contributed by atoms with Crippen LogP contribution in [0.25, 0.3) is 6.08 Å². The number of thiophene rings is 1. The van der Waals surface area contributed by atoms with Crippen molar-refractivity contribution in [2.45, 2.75) is 13.8 Å². The second kappa shape index (κ2) is 7.29. The summed E-state index contributed by atoms with van der Waals surface area (Å²) in [5.74, 6) is -0.827. The van der Waals surface area contributed by atoms with Gasteiger partial charge in [-0.1, -0.05) is 29.4 Å². The highest BCUT2D eigenvalue weighted by Crippen LogP contribution is 2.33. The zero-order valence-electron chi connectivity index (χ0n) is 13.3. The Morgan fingerprint density at radius 3 is 2.68 bits per heavy atom. The lowest BCUT2D eigenvalue weighted by Gasteiger charge is -2.16. The number of hydrazine groups is 1. The minimum atomic E-state index is -0.477. The molecule has 128 valence electrons. The molecule has 2 amide bonds. The Bertz CT molecular complexity index is 920. The Balaban J connectivity index is 1.79. The molecule has 25 heavy (non-hydrogen) atoms. The molecule has 1 aromatic carbocycles. The monoisotopic (exact) mass is 408 g/mol. The molecule has 0 bridgehead atoms. The minimum Gasteiger partial charge on any atom is -0.267 e. The topological polar surface area (TPSA) is 49.4 Å². The number of rotatable bonds is 3. The zero-order valence-corrected chi connectivity index (χ0v) is 16.5. The van der Waals surface area contributed by atoms with E-state index in [2.05, 4.69) is 5.43 Å². The summed E-state index contributed by atoms with van der Waals surface area (Å²) >= 11 is 14.1. The number of thiocarbonyl (C=S) groups is 1. The summed E-state index contributed by atoms with van der Waals surface area (Å²) in [5.41, 5.74) is 3.77. The van der Waals surface area contributed by atoms with E-state index in [9.17, 15) is 9.59 Å². The lowest BCUT2D eigenvalue weighted by atomic mass is 10.1. The second-order valence-corrected chi connectivity index (χ2v) is 8.79. The number of benzene rings is 1. The molecule has 0 aliphatic carbocycles. The van der Waals surface area contributed by atoms with Crippen LogP contribution in [0.5, 0.6) is 0 Å². The van der Waals surface area contributed by atoms with Crippen LogP contribution in [0, 0.1) is 13.8 Å². The van der Waals surface area contributed by atoms with Gasteiger partial charge in [0, 0.05) is 9.75 Å². The molecular formula is C17H13ClN2O2S3. The number of carbonyl (C=O) groups is 2. The van der Waals surface area contributed by atoms with Gasteiger partial charge in [0.2, 0.25) is 0 Å². The molecule has 4 nitrogen and oxygen atoms in total. The number of amides is 2. The number of hydrogen-bond acceptors (Lipinski definition) is 5. The van der Waals surface area contributed by atoms with Crippen molar-refractivity contribution in [2.24, 2.45) is 0 Å². The molecular weight excluding hydrogens is 396 g/mol. The van der Waals surface area contributed by atoms with Gasteiger partial charge in [-0.05, 0) is 62.0 Å². The van der Waals surface area contributed by atoms with Crippen LogP contribution >= 0.6 is 46.9 Å². The summed E-state index contributed by atoms with van der Waals surface area (Å²) in [5, 5.41) is 1.41. The molecule has 2 aromatic rings. The van der Waals surface area contributed by atoms with Gasteiger partial charge in [0.1, 0.15) is 0 Å². The largest absolute Gasteiger partial charge is 0.285 e. The van der Waals surface area contributed by atoms with E-state index in [1.165, 1.54) is 0 Å². The van der Waals surface area contributed by atoms with Crippen molar-refractivity contribution in [2.75, 3.05) is 0 Å². The van der Waals surface area contributed by atoms with E-state index in [-0.39, 0.29) is 10.2 Å². The Kier molecular flexibility index (Phi) is 5.29. The maximum Gasteiger partial charge on any atom is 0.285 e. The van der Waals surface area contributed by atoms with E-state index >= 15 is 0 Å². The molecule has 8 heteroatoms. The fraction of sp³-hybridized carbons (Fsp3) is 0.118. The van der Waals surface area contributed by atoms with Gasteiger partial charge in [-0.25, -0.2) is 0 Å². The van der Waals surface area contributed by atoms with Gasteiger partial charge in [-0.3, -0.25) is 15.0 Å². The average molecular weight is 409 g/mol. The van der Waals surface area contributed by atoms with Crippen LogP contribution in [0.3, 0.4) is 0 Å². The van der Waals surface area contributed by atoms with E-state index in [0.717, 1.165) is 32.1 Å². The standard InChI is InChI=1S/C17H13ClN2O2S3/c1-9-3-6-12(13(18)7-9)15(21)19-20-16(22)14(25-17(20)23)8-11-5-4-10(2)24-11/h3-8H,1-2H3,(H,19,21)/b14-8+. The Labute approximate surface area is 163 Å². The smallest absolute Gasteiger partial charge is 0.267 e. The Morgan fingerprint density at radius 2 is 2.04 bits per heavy atom. The molecule has 1 saturated heterocycles. The van der Waals surface area contributed by atoms with Crippen LogP contribution in [0.1, 0.15) is 25.7 Å². The highest BCUT2D eigenvalue weighted by molar-refractivity contribution is 8.26. The molecule has 2 heterocycles. The minimum absolute atomic E-state index is 0.279. The van der Waals surface area contributed by atoms with Gasteiger partial charge in [0.15, 0.2) is 4.32 Å². The van der Waals surface area contributed by atoms with E-state index in [0.29, 0.717) is 15.5 Å². The average Bonchev–Trinajstić information content (AvgIpc) is 3.06. The lowest BCUT2D eigenvalue weighted by molar-refractivity contribution is -0.123. The van der Waals surface area contributed by atoms with Crippen molar-refractivity contribution in [3.63, 3.8) is 0 Å². The predicted octanol–water partition coefficient (Wildman–Crippen LogP) is 4.56. The third-order valence-electron chi connectivity index (χ3n) is 3.41. The van der Waals surface area contributed by atoms with Crippen LogP contribution < -0.4 is 5.43 Å². The van der Waals surface area contributed by atoms with Gasteiger partial charge < -0.3 is 0 Å². The van der Waals surface area contributed by atoms with Crippen molar-refractivity contribution < 1.29 is 9.59 Å².